The average Bonchev–Trinajstić information content (AvgIpc) is 2.90. The molecule has 0 amide bonds. The number of nitrogens with one attached hydrogen (secondary N) is 1. The third-order valence-corrected chi connectivity index (χ3v) is 2.56. The summed E-state index contributed by atoms with van der Waals surface area (Å²) in [7, 11) is 0. The largest absolute Gasteiger partial charge is 0.469 e. The van der Waals surface area contributed by atoms with Gasteiger partial charge in [0.2, 0.25) is 0 Å². The van der Waals surface area contributed by atoms with E-state index in [1.807, 2.05) is 18.2 Å². The molecule has 0 aliphatic heterocycles. The first-order chi connectivity index (χ1) is 8.78. The molecular formula is C13H14N4O. The lowest BCUT2D eigenvalue weighted by Gasteiger charge is -2.13. The second kappa shape index (κ2) is 5.82. The number of aromatic nitrogens is 2. The van der Waals surface area contributed by atoms with Crippen LogP contribution in [0.4, 0.5) is 5.82 Å². The minimum Gasteiger partial charge on any atom is -0.469 e. The van der Waals surface area contributed by atoms with Gasteiger partial charge in [0.25, 0.3) is 0 Å². The van der Waals surface area contributed by atoms with Crippen molar-refractivity contribution in [2.45, 2.75) is 25.8 Å². The molecule has 2 rings (SSSR count). The number of hydrogen-bond donors (Lipinski definition) is 1. The maximum Gasteiger partial charge on any atom is 0.158 e. The van der Waals surface area contributed by atoms with Crippen molar-refractivity contribution in [2.75, 3.05) is 5.32 Å². The molecule has 5 heteroatoms. The Morgan fingerprint density at radius 3 is 2.94 bits per heavy atom. The van der Waals surface area contributed by atoms with Gasteiger partial charge in [-0.25, -0.2) is 9.97 Å². The molecule has 0 aliphatic carbocycles. The van der Waals surface area contributed by atoms with E-state index in [4.69, 9.17) is 9.68 Å². The van der Waals surface area contributed by atoms with Crippen LogP contribution in [0.25, 0.3) is 0 Å². The number of nitrogens with zero attached hydrogens (tertiary/aromatic N) is 3. The van der Waals surface area contributed by atoms with Crippen LogP contribution in [0.15, 0.2) is 35.2 Å². The standard InChI is InChI=1S/C13H14N4O/c1-10(4-5-12-3-2-6-18-12)17-13-9-15-11(7-14)8-16-13/h2-3,6,8-10H,4-5H2,1H3,(H,16,17). The van der Waals surface area contributed by atoms with Crippen LogP contribution in [0.5, 0.6) is 0 Å². The van der Waals surface area contributed by atoms with E-state index in [0.717, 1.165) is 18.6 Å². The summed E-state index contributed by atoms with van der Waals surface area (Å²) in [6, 6.07) is 6.05. The van der Waals surface area contributed by atoms with Gasteiger partial charge in [-0.1, -0.05) is 0 Å². The van der Waals surface area contributed by atoms with Crippen molar-refractivity contribution in [2.24, 2.45) is 0 Å². The Kier molecular flexibility index (Phi) is 3.92. The van der Waals surface area contributed by atoms with Crippen LogP contribution in [0.1, 0.15) is 24.8 Å². The molecular weight excluding hydrogens is 228 g/mol. The van der Waals surface area contributed by atoms with Gasteiger partial charge in [-0.3, -0.25) is 0 Å². The Bertz CT molecular complexity index is 513. The molecule has 0 spiro atoms. The van der Waals surface area contributed by atoms with Crippen LogP contribution in [0.2, 0.25) is 0 Å². The lowest BCUT2D eigenvalue weighted by atomic mass is 10.1. The van der Waals surface area contributed by atoms with Crippen molar-refractivity contribution in [3.8, 4) is 6.07 Å². The highest BCUT2D eigenvalue weighted by molar-refractivity contribution is 5.34. The number of aryl methyl sites for hydroxylation is 1. The number of hydrogen-bond acceptors (Lipinski definition) is 5. The van der Waals surface area contributed by atoms with Crippen molar-refractivity contribution in [1.82, 2.24) is 9.97 Å². The third-order valence-electron chi connectivity index (χ3n) is 2.56. The summed E-state index contributed by atoms with van der Waals surface area (Å²) < 4.78 is 5.27. The topological polar surface area (TPSA) is 74.7 Å². The Labute approximate surface area is 105 Å². The van der Waals surface area contributed by atoms with E-state index in [0.29, 0.717) is 11.5 Å². The Morgan fingerprint density at radius 2 is 2.33 bits per heavy atom. The van der Waals surface area contributed by atoms with Crippen molar-refractivity contribution >= 4 is 5.82 Å². The number of anilines is 1. The highest BCUT2D eigenvalue weighted by Gasteiger charge is 2.05. The SMILES string of the molecule is CC(CCc1ccco1)Nc1cnc(C#N)cn1. The number of rotatable bonds is 5. The molecule has 0 saturated carbocycles. The second-order valence-electron chi connectivity index (χ2n) is 4.06. The van der Waals surface area contributed by atoms with Crippen molar-refractivity contribution in [1.29, 1.82) is 5.26 Å². The lowest BCUT2D eigenvalue weighted by molar-refractivity contribution is 0.495. The number of nitriles is 1. The molecule has 2 aromatic heterocycles. The van der Waals surface area contributed by atoms with Gasteiger partial charge >= 0.3 is 0 Å². The molecule has 0 saturated heterocycles. The van der Waals surface area contributed by atoms with Gasteiger partial charge in [-0.15, -0.1) is 0 Å². The molecule has 2 heterocycles. The molecule has 1 N–H and O–H groups in total. The molecule has 5 nitrogen and oxygen atoms in total. The zero-order valence-electron chi connectivity index (χ0n) is 10.1. The Morgan fingerprint density at radius 1 is 1.44 bits per heavy atom. The van der Waals surface area contributed by atoms with Crippen LogP contribution < -0.4 is 5.32 Å². The summed E-state index contributed by atoms with van der Waals surface area (Å²) in [4.78, 5) is 8.07. The summed E-state index contributed by atoms with van der Waals surface area (Å²) in [5.41, 5.74) is 0.323. The van der Waals surface area contributed by atoms with E-state index >= 15 is 0 Å². The predicted octanol–water partition coefficient (Wildman–Crippen LogP) is 2.37. The fourth-order valence-corrected chi connectivity index (χ4v) is 1.60. The molecule has 2 aromatic rings. The first kappa shape index (κ1) is 12.1. The third kappa shape index (κ3) is 3.32. The molecule has 0 bridgehead atoms. The van der Waals surface area contributed by atoms with Crippen molar-refractivity contribution < 1.29 is 4.42 Å². The van der Waals surface area contributed by atoms with Crippen LogP contribution in [-0.2, 0) is 6.42 Å². The maximum absolute atomic E-state index is 8.62. The first-order valence-electron chi connectivity index (χ1n) is 5.79. The fraction of sp³-hybridized carbons (Fsp3) is 0.308. The zero-order chi connectivity index (χ0) is 12.8. The fourth-order valence-electron chi connectivity index (χ4n) is 1.60. The molecule has 1 unspecified atom stereocenters. The van der Waals surface area contributed by atoms with Gasteiger partial charge in [0, 0.05) is 12.5 Å². The van der Waals surface area contributed by atoms with Gasteiger partial charge in [-0.2, -0.15) is 5.26 Å². The van der Waals surface area contributed by atoms with Gasteiger partial charge in [-0.05, 0) is 25.5 Å². The molecule has 0 fully saturated rings. The number of furan rings is 1. The van der Waals surface area contributed by atoms with Crippen LogP contribution in [0, 0.1) is 11.3 Å². The van der Waals surface area contributed by atoms with Gasteiger partial charge < -0.3 is 9.73 Å². The maximum atomic E-state index is 8.62. The van der Waals surface area contributed by atoms with Gasteiger partial charge in [0.1, 0.15) is 17.6 Å². The molecule has 0 aliphatic rings. The normalized spacial score (nSPS) is 11.8. The van der Waals surface area contributed by atoms with Crippen LogP contribution in [-0.4, -0.2) is 16.0 Å². The van der Waals surface area contributed by atoms with Gasteiger partial charge in [0.15, 0.2) is 5.69 Å². The van der Waals surface area contributed by atoms with Crippen molar-refractivity contribution in [3.05, 3.63) is 42.2 Å². The molecule has 0 radical (unpaired) electrons. The van der Waals surface area contributed by atoms with Crippen molar-refractivity contribution in [3.63, 3.8) is 0 Å². The predicted molar refractivity (Wildman–Crippen MR) is 66.9 cm³/mol. The van der Waals surface area contributed by atoms with E-state index in [2.05, 4.69) is 22.2 Å². The summed E-state index contributed by atoms with van der Waals surface area (Å²) in [5, 5.41) is 11.8. The van der Waals surface area contributed by atoms with Gasteiger partial charge in [0.05, 0.1) is 18.7 Å². The Balaban J connectivity index is 1.83. The molecule has 0 aromatic carbocycles. The van der Waals surface area contributed by atoms with E-state index < -0.39 is 0 Å². The minimum absolute atomic E-state index is 0.261. The lowest BCUT2D eigenvalue weighted by Crippen LogP contribution is -2.17. The first-order valence-corrected chi connectivity index (χ1v) is 5.79. The summed E-state index contributed by atoms with van der Waals surface area (Å²) in [5.74, 6) is 1.66. The van der Waals surface area contributed by atoms with Crippen LogP contribution in [0.3, 0.4) is 0 Å². The monoisotopic (exact) mass is 242 g/mol. The summed E-state index contributed by atoms with van der Waals surface area (Å²) in [6.07, 6.45) is 6.53. The zero-order valence-corrected chi connectivity index (χ0v) is 10.1. The van der Waals surface area contributed by atoms with E-state index in [-0.39, 0.29) is 6.04 Å². The summed E-state index contributed by atoms with van der Waals surface area (Å²) in [6.45, 7) is 2.07. The average molecular weight is 242 g/mol. The Hall–Kier alpha value is -2.35. The van der Waals surface area contributed by atoms with E-state index in [1.54, 1.807) is 12.5 Å². The van der Waals surface area contributed by atoms with E-state index in [9.17, 15) is 0 Å². The molecule has 18 heavy (non-hydrogen) atoms. The molecule has 92 valence electrons. The highest BCUT2D eigenvalue weighted by Crippen LogP contribution is 2.09. The summed E-state index contributed by atoms with van der Waals surface area (Å²) >= 11 is 0. The highest BCUT2D eigenvalue weighted by atomic mass is 16.3. The quantitative estimate of drug-likeness (QED) is 0.871. The van der Waals surface area contributed by atoms with Crippen LogP contribution >= 0.6 is 0 Å². The van der Waals surface area contributed by atoms with E-state index in [1.165, 1.54) is 6.20 Å². The second-order valence-corrected chi connectivity index (χ2v) is 4.06. The smallest absolute Gasteiger partial charge is 0.158 e. The minimum atomic E-state index is 0.261. The molecule has 1 atom stereocenters.